The maximum atomic E-state index is 12.6. The molecular weight excluding hydrogens is 424 g/mol. The molecule has 0 spiro atoms. The number of anilines is 1. The summed E-state index contributed by atoms with van der Waals surface area (Å²) < 4.78 is 29.2. The van der Waals surface area contributed by atoms with Gasteiger partial charge in [0.2, 0.25) is 0 Å². The monoisotopic (exact) mass is 436 g/mol. The highest BCUT2D eigenvalue weighted by Gasteiger charge is 2.24. The van der Waals surface area contributed by atoms with Gasteiger partial charge in [0.1, 0.15) is 4.90 Å². The normalized spacial score (nSPS) is 11.6. The first kappa shape index (κ1) is 16.5. The van der Waals surface area contributed by atoms with Gasteiger partial charge in [-0.05, 0) is 48.1 Å². The smallest absolute Gasteiger partial charge is 0.265 e. The van der Waals surface area contributed by atoms with E-state index in [4.69, 9.17) is 0 Å². The van der Waals surface area contributed by atoms with Crippen LogP contribution in [0.4, 0.5) is 5.69 Å². The molecule has 3 N–H and O–H groups in total. The predicted molar refractivity (Wildman–Crippen MR) is 88.7 cm³/mol. The molecular formula is C12H14Br2N4O2S. The summed E-state index contributed by atoms with van der Waals surface area (Å²) in [7, 11) is -1.99. The zero-order valence-electron chi connectivity index (χ0n) is 11.4. The van der Waals surface area contributed by atoms with Crippen LogP contribution in [0.15, 0.2) is 32.0 Å². The highest BCUT2D eigenvalue weighted by atomic mass is 79.9. The van der Waals surface area contributed by atoms with Crippen LogP contribution >= 0.6 is 31.9 Å². The molecule has 0 amide bonds. The van der Waals surface area contributed by atoms with Gasteiger partial charge in [-0.25, -0.2) is 8.42 Å². The van der Waals surface area contributed by atoms with Crippen LogP contribution < -0.4 is 10.0 Å². The molecule has 0 radical (unpaired) electrons. The van der Waals surface area contributed by atoms with E-state index in [0.717, 1.165) is 4.47 Å². The van der Waals surface area contributed by atoms with Gasteiger partial charge in [0.25, 0.3) is 10.0 Å². The van der Waals surface area contributed by atoms with E-state index in [0.29, 0.717) is 28.1 Å². The van der Waals surface area contributed by atoms with Crippen LogP contribution in [0.2, 0.25) is 0 Å². The average Bonchev–Trinajstić information content (AvgIpc) is 2.76. The van der Waals surface area contributed by atoms with Crippen molar-refractivity contribution in [1.82, 2.24) is 15.5 Å². The molecule has 0 saturated heterocycles. The van der Waals surface area contributed by atoms with Gasteiger partial charge in [0.05, 0.1) is 17.1 Å². The highest BCUT2D eigenvalue weighted by Crippen LogP contribution is 2.29. The quantitative estimate of drug-likeness (QED) is 0.671. The van der Waals surface area contributed by atoms with Gasteiger partial charge in [-0.3, -0.25) is 9.82 Å². The maximum Gasteiger partial charge on any atom is 0.265 e. The molecule has 1 aromatic carbocycles. The lowest BCUT2D eigenvalue weighted by atomic mass is 10.3. The van der Waals surface area contributed by atoms with E-state index in [1.807, 2.05) is 6.07 Å². The second-order valence-corrected chi connectivity index (χ2v) is 7.77. The molecule has 9 heteroatoms. The van der Waals surface area contributed by atoms with Crippen LogP contribution in [0.1, 0.15) is 11.4 Å². The minimum absolute atomic E-state index is 0.170. The van der Waals surface area contributed by atoms with Crippen LogP contribution in [0.3, 0.4) is 0 Å². The molecule has 0 aliphatic heterocycles. The van der Waals surface area contributed by atoms with Crippen molar-refractivity contribution in [3.05, 3.63) is 38.5 Å². The Morgan fingerprint density at radius 2 is 2.05 bits per heavy atom. The number of aromatic amines is 1. The fraction of sp³-hybridized carbons (Fsp3) is 0.250. The summed E-state index contributed by atoms with van der Waals surface area (Å²) in [6.07, 6.45) is 0. The third-order valence-corrected chi connectivity index (χ3v) is 5.50. The lowest BCUT2D eigenvalue weighted by molar-refractivity contribution is 0.598. The van der Waals surface area contributed by atoms with Crippen molar-refractivity contribution >= 4 is 47.6 Å². The number of nitrogens with zero attached hydrogens (tertiary/aromatic N) is 1. The standard InChI is InChI=1S/C12H14Br2N4O2S/c1-7-12(11(6-15-2)17-16-7)21(19,20)18-10-5-8(13)3-4-9(10)14/h3-5,15,18H,6H2,1-2H3,(H,16,17). The lowest BCUT2D eigenvalue weighted by Crippen LogP contribution is -2.17. The van der Waals surface area contributed by atoms with Gasteiger partial charge in [-0.1, -0.05) is 15.9 Å². The third kappa shape index (κ3) is 3.65. The molecule has 6 nitrogen and oxygen atoms in total. The molecule has 0 atom stereocenters. The SMILES string of the molecule is CNCc1n[nH]c(C)c1S(=O)(=O)Nc1cc(Br)ccc1Br. The minimum Gasteiger partial charge on any atom is -0.314 e. The van der Waals surface area contributed by atoms with Crippen molar-refractivity contribution in [2.75, 3.05) is 11.8 Å². The molecule has 2 aromatic rings. The van der Waals surface area contributed by atoms with E-state index < -0.39 is 10.0 Å². The Morgan fingerprint density at radius 3 is 2.71 bits per heavy atom. The summed E-state index contributed by atoms with van der Waals surface area (Å²) in [5.74, 6) is 0. The largest absolute Gasteiger partial charge is 0.314 e. The number of halogens is 2. The van der Waals surface area contributed by atoms with Crippen LogP contribution in [-0.2, 0) is 16.6 Å². The van der Waals surface area contributed by atoms with E-state index in [-0.39, 0.29) is 4.90 Å². The number of hydrogen-bond acceptors (Lipinski definition) is 4. The molecule has 0 fully saturated rings. The Labute approximate surface area is 140 Å². The van der Waals surface area contributed by atoms with Gasteiger partial charge in [-0.2, -0.15) is 5.10 Å². The zero-order valence-corrected chi connectivity index (χ0v) is 15.4. The Hall–Kier alpha value is -0.900. The topological polar surface area (TPSA) is 86.9 Å². The van der Waals surface area contributed by atoms with Gasteiger partial charge in [0.15, 0.2) is 0 Å². The molecule has 21 heavy (non-hydrogen) atoms. The van der Waals surface area contributed by atoms with Crippen molar-refractivity contribution in [3.8, 4) is 0 Å². The first-order valence-electron chi connectivity index (χ1n) is 6.01. The van der Waals surface area contributed by atoms with Crippen molar-refractivity contribution in [1.29, 1.82) is 0 Å². The zero-order chi connectivity index (χ0) is 15.6. The van der Waals surface area contributed by atoms with E-state index in [1.54, 1.807) is 26.1 Å². The minimum atomic E-state index is -3.73. The summed E-state index contributed by atoms with van der Waals surface area (Å²) >= 11 is 6.65. The predicted octanol–water partition coefficient (Wildman–Crippen LogP) is 2.76. The summed E-state index contributed by atoms with van der Waals surface area (Å²) in [4.78, 5) is 0.170. The van der Waals surface area contributed by atoms with Crippen LogP contribution in [-0.4, -0.2) is 25.7 Å². The van der Waals surface area contributed by atoms with E-state index in [1.165, 1.54) is 0 Å². The van der Waals surface area contributed by atoms with E-state index in [2.05, 4.69) is 52.1 Å². The number of rotatable bonds is 5. The van der Waals surface area contributed by atoms with Crippen molar-refractivity contribution in [2.45, 2.75) is 18.4 Å². The fourth-order valence-corrected chi connectivity index (χ4v) is 4.16. The summed E-state index contributed by atoms with van der Waals surface area (Å²) in [6.45, 7) is 2.04. The van der Waals surface area contributed by atoms with Gasteiger partial charge in [-0.15, -0.1) is 0 Å². The number of benzene rings is 1. The second-order valence-electron chi connectivity index (χ2n) is 4.38. The first-order chi connectivity index (χ1) is 9.85. The summed E-state index contributed by atoms with van der Waals surface area (Å²) in [6, 6.07) is 5.27. The number of nitrogens with one attached hydrogen (secondary N) is 3. The van der Waals surface area contributed by atoms with Crippen LogP contribution in [0, 0.1) is 6.92 Å². The van der Waals surface area contributed by atoms with Gasteiger partial charge >= 0.3 is 0 Å². The number of sulfonamides is 1. The maximum absolute atomic E-state index is 12.6. The molecule has 0 aliphatic rings. The molecule has 1 aromatic heterocycles. The van der Waals surface area contributed by atoms with E-state index >= 15 is 0 Å². The van der Waals surface area contributed by atoms with Crippen molar-refractivity contribution in [2.24, 2.45) is 0 Å². The molecule has 2 rings (SSSR count). The molecule has 114 valence electrons. The van der Waals surface area contributed by atoms with Gasteiger partial charge in [0, 0.05) is 15.5 Å². The number of aromatic nitrogens is 2. The fourth-order valence-electron chi connectivity index (χ4n) is 1.88. The summed E-state index contributed by atoms with van der Waals surface area (Å²) in [5, 5.41) is 9.64. The van der Waals surface area contributed by atoms with Crippen LogP contribution in [0.5, 0.6) is 0 Å². The highest BCUT2D eigenvalue weighted by molar-refractivity contribution is 9.11. The Kier molecular flexibility index (Phi) is 5.07. The number of H-pyrrole nitrogens is 1. The van der Waals surface area contributed by atoms with Crippen molar-refractivity contribution in [3.63, 3.8) is 0 Å². The van der Waals surface area contributed by atoms with E-state index in [9.17, 15) is 8.42 Å². The lowest BCUT2D eigenvalue weighted by Gasteiger charge is -2.11. The Balaban J connectivity index is 2.43. The molecule has 0 bridgehead atoms. The molecule has 0 saturated carbocycles. The Bertz CT molecular complexity index is 759. The number of hydrogen-bond donors (Lipinski definition) is 3. The van der Waals surface area contributed by atoms with Crippen LogP contribution in [0.25, 0.3) is 0 Å². The number of aryl methyl sites for hydroxylation is 1. The average molecular weight is 438 g/mol. The Morgan fingerprint density at radius 1 is 1.33 bits per heavy atom. The molecule has 0 aliphatic carbocycles. The third-order valence-electron chi connectivity index (χ3n) is 2.75. The first-order valence-corrected chi connectivity index (χ1v) is 9.08. The van der Waals surface area contributed by atoms with Crippen molar-refractivity contribution < 1.29 is 8.42 Å². The second kappa shape index (κ2) is 6.47. The van der Waals surface area contributed by atoms with Gasteiger partial charge < -0.3 is 5.32 Å². The molecule has 0 unspecified atom stereocenters. The molecule has 1 heterocycles. The summed E-state index contributed by atoms with van der Waals surface area (Å²) in [5.41, 5.74) is 1.41.